The van der Waals surface area contributed by atoms with E-state index in [1.807, 2.05) is 12.1 Å². The number of ether oxygens (including phenoxy) is 1. The Bertz CT molecular complexity index is 852. The van der Waals surface area contributed by atoms with E-state index in [4.69, 9.17) is 4.74 Å². The molecule has 0 spiro atoms. The molecule has 0 aliphatic heterocycles. The maximum Gasteiger partial charge on any atom is 0.235 e. The Morgan fingerprint density at radius 2 is 2.15 bits per heavy atom. The molecule has 0 radical (unpaired) electrons. The average molecular weight is 376 g/mol. The first-order chi connectivity index (χ1) is 12.4. The van der Waals surface area contributed by atoms with Crippen LogP contribution in [0.5, 0.6) is 0 Å². The zero-order valence-corrected chi connectivity index (χ0v) is 15.3. The van der Waals surface area contributed by atoms with Gasteiger partial charge in [0.15, 0.2) is 5.82 Å². The molecule has 0 saturated carbocycles. The van der Waals surface area contributed by atoms with Crippen LogP contribution in [0, 0.1) is 0 Å². The van der Waals surface area contributed by atoms with Crippen molar-refractivity contribution >= 4 is 29.1 Å². The number of nitrogens with zero attached hydrogens (tertiary/aromatic N) is 3. The van der Waals surface area contributed by atoms with E-state index in [-0.39, 0.29) is 18.8 Å². The number of pyridine rings is 1. The van der Waals surface area contributed by atoms with E-state index in [0.29, 0.717) is 17.1 Å². The van der Waals surface area contributed by atoms with Crippen molar-refractivity contribution in [2.45, 2.75) is 4.90 Å². The monoisotopic (exact) mass is 376 g/mol. The van der Waals surface area contributed by atoms with Gasteiger partial charge in [-0.15, -0.1) is 11.8 Å². The zero-order valence-electron chi connectivity index (χ0n) is 14.5. The van der Waals surface area contributed by atoms with E-state index >= 15 is 0 Å². The van der Waals surface area contributed by atoms with Gasteiger partial charge in [-0.3, -0.25) is 14.5 Å². The Kier molecular flexibility index (Phi) is 6.74. The molecule has 2 aromatic heterocycles. The van der Waals surface area contributed by atoms with Crippen LogP contribution in [0.1, 0.15) is 7.12 Å². The van der Waals surface area contributed by atoms with Crippen LogP contribution >= 0.6 is 11.8 Å². The Labute approximate surface area is 156 Å². The molecule has 0 saturated heterocycles. The molecule has 2 rings (SSSR count). The van der Waals surface area contributed by atoms with Crippen LogP contribution < -0.4 is 5.32 Å². The van der Waals surface area contributed by atoms with Crippen LogP contribution in [-0.4, -0.2) is 33.5 Å². The SMILES string of the molecule is C=C(F)/C=C(\C(=C)OC)c1cc(NC(=O)CSc2ccncc2)nn1C.[HH]. The highest BCUT2D eigenvalue weighted by Crippen LogP contribution is 2.26. The molecule has 0 atom stereocenters. The fraction of sp³-hybridized carbons (Fsp3) is 0.167. The molecule has 0 aliphatic rings. The summed E-state index contributed by atoms with van der Waals surface area (Å²) in [6.45, 7) is 6.97. The molecule has 1 amide bonds. The van der Waals surface area contributed by atoms with Gasteiger partial charge in [-0.1, -0.05) is 13.2 Å². The minimum absolute atomic E-state index is 0. The van der Waals surface area contributed by atoms with Gasteiger partial charge in [-0.25, -0.2) is 4.39 Å². The van der Waals surface area contributed by atoms with Crippen LogP contribution in [0.15, 0.2) is 66.3 Å². The smallest absolute Gasteiger partial charge is 0.235 e. The Hall–Kier alpha value is -2.87. The number of hydrogen-bond acceptors (Lipinski definition) is 5. The van der Waals surface area contributed by atoms with Gasteiger partial charge < -0.3 is 10.1 Å². The summed E-state index contributed by atoms with van der Waals surface area (Å²) in [6, 6.07) is 5.27. The number of anilines is 1. The molecule has 138 valence electrons. The van der Waals surface area contributed by atoms with Crippen LogP contribution in [0.3, 0.4) is 0 Å². The van der Waals surface area contributed by atoms with Crippen LogP contribution in [0.4, 0.5) is 10.2 Å². The van der Waals surface area contributed by atoms with E-state index in [0.717, 1.165) is 4.90 Å². The van der Waals surface area contributed by atoms with E-state index in [1.54, 1.807) is 25.5 Å². The molecule has 0 aromatic carbocycles. The van der Waals surface area contributed by atoms with Crippen LogP contribution in [0.2, 0.25) is 0 Å². The summed E-state index contributed by atoms with van der Waals surface area (Å²) in [4.78, 5) is 17.0. The minimum Gasteiger partial charge on any atom is -0.497 e. The molecule has 0 aliphatic carbocycles. The first-order valence-corrected chi connectivity index (χ1v) is 8.55. The van der Waals surface area contributed by atoms with Crippen LogP contribution in [-0.2, 0) is 16.6 Å². The highest BCUT2D eigenvalue weighted by Gasteiger charge is 2.15. The van der Waals surface area contributed by atoms with Crippen molar-refractivity contribution < 1.29 is 15.3 Å². The van der Waals surface area contributed by atoms with Crippen molar-refractivity contribution in [3.63, 3.8) is 0 Å². The average Bonchev–Trinajstić information content (AvgIpc) is 2.97. The number of nitrogens with one attached hydrogen (secondary N) is 1. The van der Waals surface area contributed by atoms with Gasteiger partial charge in [0.25, 0.3) is 0 Å². The summed E-state index contributed by atoms with van der Waals surface area (Å²) in [5.41, 5.74) is 0.925. The van der Waals surface area contributed by atoms with Crippen molar-refractivity contribution in [1.82, 2.24) is 14.8 Å². The normalized spacial score (nSPS) is 11.1. The second-order valence-electron chi connectivity index (χ2n) is 5.19. The molecule has 2 heterocycles. The predicted octanol–water partition coefficient (Wildman–Crippen LogP) is 3.82. The number of allylic oxidation sites excluding steroid dienone is 3. The second-order valence-corrected chi connectivity index (χ2v) is 6.24. The molecule has 26 heavy (non-hydrogen) atoms. The number of aryl methyl sites for hydroxylation is 1. The molecular formula is C18H21FN4O2S. The summed E-state index contributed by atoms with van der Waals surface area (Å²) in [5.74, 6) is -0.00811. The van der Waals surface area contributed by atoms with Gasteiger partial charge in [0.1, 0.15) is 11.6 Å². The summed E-state index contributed by atoms with van der Waals surface area (Å²) >= 11 is 1.39. The van der Waals surface area contributed by atoms with Crippen molar-refractivity contribution in [3.8, 4) is 0 Å². The van der Waals surface area contributed by atoms with Crippen LogP contribution in [0.25, 0.3) is 5.57 Å². The van der Waals surface area contributed by atoms with Crippen molar-refractivity contribution in [1.29, 1.82) is 0 Å². The van der Waals surface area contributed by atoms with Gasteiger partial charge in [0.2, 0.25) is 5.91 Å². The lowest BCUT2D eigenvalue weighted by Crippen LogP contribution is -2.14. The lowest BCUT2D eigenvalue weighted by atomic mass is 10.1. The number of thioether (sulfide) groups is 1. The summed E-state index contributed by atoms with van der Waals surface area (Å²) in [7, 11) is 3.11. The Morgan fingerprint density at radius 3 is 2.77 bits per heavy atom. The topological polar surface area (TPSA) is 69.0 Å². The van der Waals surface area contributed by atoms with Crippen molar-refractivity contribution in [2.75, 3.05) is 18.2 Å². The largest absolute Gasteiger partial charge is 0.497 e. The summed E-state index contributed by atoms with van der Waals surface area (Å²) < 4.78 is 19.9. The second kappa shape index (κ2) is 9.00. The first-order valence-electron chi connectivity index (χ1n) is 7.57. The van der Waals surface area contributed by atoms with Gasteiger partial charge in [0.05, 0.1) is 18.6 Å². The summed E-state index contributed by atoms with van der Waals surface area (Å²) in [6.07, 6.45) is 4.54. The maximum absolute atomic E-state index is 13.3. The predicted molar refractivity (Wildman–Crippen MR) is 103 cm³/mol. The lowest BCUT2D eigenvalue weighted by Gasteiger charge is -2.09. The number of hydrogen-bond donors (Lipinski definition) is 1. The van der Waals surface area contributed by atoms with E-state index in [9.17, 15) is 9.18 Å². The quantitative estimate of drug-likeness (QED) is 0.431. The molecule has 6 nitrogen and oxygen atoms in total. The molecule has 1 N–H and O–H groups in total. The molecule has 0 bridgehead atoms. The highest BCUT2D eigenvalue weighted by molar-refractivity contribution is 8.00. The third kappa shape index (κ3) is 5.32. The molecule has 2 aromatic rings. The number of aromatic nitrogens is 3. The number of carbonyl (C=O) groups excluding carboxylic acids is 1. The molecule has 0 fully saturated rings. The Balaban J connectivity index is 0.00000364. The van der Waals surface area contributed by atoms with Gasteiger partial charge >= 0.3 is 0 Å². The zero-order chi connectivity index (χ0) is 19.1. The van der Waals surface area contributed by atoms with Gasteiger partial charge in [-0.05, 0) is 18.2 Å². The first kappa shape index (κ1) is 19.5. The fourth-order valence-corrected chi connectivity index (χ4v) is 2.79. The maximum atomic E-state index is 13.3. The van der Waals surface area contributed by atoms with Gasteiger partial charge in [-0.2, -0.15) is 5.10 Å². The number of halogens is 1. The fourth-order valence-electron chi connectivity index (χ4n) is 2.11. The number of amides is 1. The molecule has 8 heteroatoms. The highest BCUT2D eigenvalue weighted by atomic mass is 32.2. The number of methoxy groups -OCH3 is 1. The standard InChI is InChI=1S/C18H19FN4O2S.H2/c1-12(19)9-15(13(2)25-4)16-10-17(22-23(16)3)21-18(24)11-26-14-5-7-20-8-6-14;/h5-10H,1-2,11H2,3-4H3,(H,21,22,24);1H/b15-9+;. The molecular weight excluding hydrogens is 355 g/mol. The summed E-state index contributed by atoms with van der Waals surface area (Å²) in [5, 5.41) is 6.94. The van der Waals surface area contributed by atoms with Gasteiger partial charge in [0, 0.05) is 37.4 Å². The van der Waals surface area contributed by atoms with E-state index < -0.39 is 5.83 Å². The third-order valence-electron chi connectivity index (χ3n) is 3.29. The lowest BCUT2D eigenvalue weighted by molar-refractivity contribution is -0.113. The number of carbonyl (C=O) groups is 1. The number of rotatable bonds is 8. The molecule has 0 unspecified atom stereocenters. The van der Waals surface area contributed by atoms with E-state index in [1.165, 1.54) is 29.6 Å². The minimum atomic E-state index is -0.640. The van der Waals surface area contributed by atoms with Crippen molar-refractivity contribution in [2.24, 2.45) is 7.05 Å². The van der Waals surface area contributed by atoms with E-state index in [2.05, 4.69) is 28.6 Å². The Morgan fingerprint density at radius 1 is 1.46 bits per heavy atom. The third-order valence-corrected chi connectivity index (χ3v) is 4.30. The van der Waals surface area contributed by atoms with Crippen molar-refractivity contribution in [3.05, 3.63) is 67.1 Å².